The van der Waals surface area contributed by atoms with Gasteiger partial charge >= 0.3 is 0 Å². The van der Waals surface area contributed by atoms with E-state index in [0.717, 1.165) is 55.0 Å². The van der Waals surface area contributed by atoms with E-state index in [1.54, 1.807) is 0 Å². The van der Waals surface area contributed by atoms with E-state index in [4.69, 9.17) is 10.7 Å². The van der Waals surface area contributed by atoms with Gasteiger partial charge in [0.1, 0.15) is 0 Å². The van der Waals surface area contributed by atoms with Crippen LogP contribution >= 0.6 is 0 Å². The summed E-state index contributed by atoms with van der Waals surface area (Å²) in [4.78, 5) is 28.2. The Morgan fingerprint density at radius 3 is 2.50 bits per heavy atom. The lowest BCUT2D eigenvalue weighted by molar-refractivity contribution is -0.132. The summed E-state index contributed by atoms with van der Waals surface area (Å²) in [6.45, 7) is 5.40. The van der Waals surface area contributed by atoms with Crippen molar-refractivity contribution in [3.05, 3.63) is 82.4 Å². The lowest BCUT2D eigenvalue weighted by Crippen LogP contribution is -2.39. The van der Waals surface area contributed by atoms with E-state index in [-0.39, 0.29) is 11.9 Å². The Bertz CT molecular complexity index is 1040. The molecule has 3 aromatic rings. The minimum absolute atomic E-state index is 0.186. The van der Waals surface area contributed by atoms with Crippen molar-refractivity contribution in [2.75, 3.05) is 18.8 Å². The van der Waals surface area contributed by atoms with Gasteiger partial charge in [0.05, 0.1) is 0 Å². The van der Waals surface area contributed by atoms with Gasteiger partial charge in [0.25, 0.3) is 0 Å². The van der Waals surface area contributed by atoms with Crippen molar-refractivity contribution in [2.24, 2.45) is 0 Å². The van der Waals surface area contributed by atoms with Gasteiger partial charge in [-0.1, -0.05) is 36.4 Å². The zero-order valence-corrected chi connectivity index (χ0v) is 18.9. The second kappa shape index (κ2) is 9.90. The van der Waals surface area contributed by atoms with Gasteiger partial charge in [-0.05, 0) is 62.3 Å². The highest BCUT2D eigenvalue weighted by Crippen LogP contribution is 2.27. The molecular weight excluding hydrogens is 398 g/mol. The van der Waals surface area contributed by atoms with Crippen molar-refractivity contribution in [1.82, 2.24) is 19.9 Å². The first-order chi connectivity index (χ1) is 15.5. The highest BCUT2D eigenvalue weighted by Gasteiger charge is 2.25. The Morgan fingerprint density at radius 2 is 1.81 bits per heavy atom. The number of nitrogens with two attached hydrogens (primary N) is 1. The van der Waals surface area contributed by atoms with Crippen LogP contribution in [0.4, 0.5) is 5.95 Å². The molecule has 1 fully saturated rings. The molecule has 0 radical (unpaired) electrons. The first-order valence-corrected chi connectivity index (χ1v) is 11.4. The fourth-order valence-corrected chi connectivity index (χ4v) is 4.58. The third-order valence-corrected chi connectivity index (χ3v) is 6.32. The zero-order chi connectivity index (χ0) is 22.5. The number of carbonyl (C=O) groups is 1. The highest BCUT2D eigenvalue weighted by atomic mass is 16.2. The summed E-state index contributed by atoms with van der Waals surface area (Å²) in [5.41, 5.74) is 12.0. The Morgan fingerprint density at radius 1 is 1.06 bits per heavy atom. The van der Waals surface area contributed by atoms with E-state index in [0.29, 0.717) is 18.8 Å². The molecule has 1 atom stereocenters. The molecule has 1 amide bonds. The monoisotopic (exact) mass is 429 g/mol. The van der Waals surface area contributed by atoms with Crippen LogP contribution < -0.4 is 5.73 Å². The lowest BCUT2D eigenvalue weighted by atomic mass is 9.93. The summed E-state index contributed by atoms with van der Waals surface area (Å²) in [5, 5.41) is 0. The second-order valence-corrected chi connectivity index (χ2v) is 8.66. The Labute approximate surface area is 189 Å². The third-order valence-electron chi connectivity index (χ3n) is 6.32. The van der Waals surface area contributed by atoms with Crippen LogP contribution in [0.5, 0.6) is 0 Å². The number of hydrogen-bond acceptors (Lipinski definition) is 5. The quantitative estimate of drug-likeness (QED) is 0.640. The highest BCUT2D eigenvalue weighted by molar-refractivity contribution is 5.76. The molecule has 166 valence electrons. The van der Waals surface area contributed by atoms with Crippen molar-refractivity contribution >= 4 is 11.9 Å². The number of nitrogens with zero attached hydrogens (tertiary/aromatic N) is 4. The van der Waals surface area contributed by atoms with Crippen LogP contribution in [0, 0.1) is 13.8 Å². The van der Waals surface area contributed by atoms with Gasteiger partial charge in [0, 0.05) is 48.7 Å². The molecule has 1 aliphatic rings. The Kier molecular flexibility index (Phi) is 6.78. The molecule has 1 aliphatic heterocycles. The van der Waals surface area contributed by atoms with Crippen molar-refractivity contribution in [2.45, 2.75) is 51.9 Å². The predicted molar refractivity (Wildman–Crippen MR) is 126 cm³/mol. The van der Waals surface area contributed by atoms with Crippen molar-refractivity contribution in [3.8, 4) is 0 Å². The van der Waals surface area contributed by atoms with E-state index in [9.17, 15) is 4.79 Å². The molecule has 3 heterocycles. The number of hydrogen-bond donors (Lipinski definition) is 1. The van der Waals surface area contributed by atoms with Gasteiger partial charge in [-0.3, -0.25) is 9.78 Å². The summed E-state index contributed by atoms with van der Waals surface area (Å²) in [6, 6.07) is 14.7. The molecule has 0 aliphatic carbocycles. The molecule has 1 aromatic carbocycles. The smallest absolute Gasteiger partial charge is 0.222 e. The lowest BCUT2D eigenvalue weighted by Gasteiger charge is -2.32. The summed E-state index contributed by atoms with van der Waals surface area (Å²) >= 11 is 0. The number of rotatable bonds is 6. The molecule has 4 rings (SSSR count). The second-order valence-electron chi connectivity index (χ2n) is 8.66. The topological polar surface area (TPSA) is 85.0 Å². The molecule has 32 heavy (non-hydrogen) atoms. The van der Waals surface area contributed by atoms with E-state index in [1.165, 1.54) is 11.1 Å². The van der Waals surface area contributed by atoms with Gasteiger partial charge in [0.15, 0.2) is 0 Å². The largest absolute Gasteiger partial charge is 0.368 e. The number of aryl methyl sites for hydroxylation is 2. The number of piperidine rings is 1. The Hall–Kier alpha value is -3.28. The van der Waals surface area contributed by atoms with Crippen LogP contribution in [-0.4, -0.2) is 38.8 Å². The first kappa shape index (κ1) is 21.9. The summed E-state index contributed by atoms with van der Waals surface area (Å²) in [5.74, 6) is 0.768. The van der Waals surface area contributed by atoms with E-state index >= 15 is 0 Å². The SMILES string of the molecule is Cc1nc(N)nc(C)c1CCC(=O)N1CCC[C@@H](c2ccc(Cc3ccccc3)cn2)C1. The minimum Gasteiger partial charge on any atom is -0.368 e. The van der Waals surface area contributed by atoms with Gasteiger partial charge in [-0.2, -0.15) is 0 Å². The van der Waals surface area contributed by atoms with Crippen molar-refractivity contribution in [3.63, 3.8) is 0 Å². The molecule has 1 saturated heterocycles. The normalized spacial score (nSPS) is 16.2. The average Bonchev–Trinajstić information content (AvgIpc) is 2.79. The zero-order valence-electron chi connectivity index (χ0n) is 18.9. The Balaban J connectivity index is 1.35. The van der Waals surface area contributed by atoms with Crippen LogP contribution in [0.15, 0.2) is 48.7 Å². The molecule has 0 spiro atoms. The number of carbonyl (C=O) groups excluding carboxylic acids is 1. The minimum atomic E-state index is 0.186. The number of benzene rings is 1. The van der Waals surface area contributed by atoms with Gasteiger partial charge in [0.2, 0.25) is 11.9 Å². The number of amides is 1. The van der Waals surface area contributed by atoms with E-state index in [1.807, 2.05) is 31.0 Å². The summed E-state index contributed by atoms with van der Waals surface area (Å²) < 4.78 is 0. The maximum Gasteiger partial charge on any atom is 0.222 e. The molecular formula is C26H31N5O. The van der Waals surface area contributed by atoms with E-state index < -0.39 is 0 Å². The number of anilines is 1. The fraction of sp³-hybridized carbons (Fsp3) is 0.385. The van der Waals surface area contributed by atoms with Gasteiger partial charge < -0.3 is 10.6 Å². The number of pyridine rings is 1. The maximum atomic E-state index is 12.9. The summed E-state index contributed by atoms with van der Waals surface area (Å²) in [6.07, 6.45) is 6.05. The van der Waals surface area contributed by atoms with Crippen molar-refractivity contribution < 1.29 is 4.79 Å². The average molecular weight is 430 g/mol. The molecule has 0 bridgehead atoms. The van der Waals surface area contributed by atoms with Crippen LogP contribution in [-0.2, 0) is 17.6 Å². The molecule has 0 unspecified atom stereocenters. The maximum absolute atomic E-state index is 12.9. The number of likely N-dealkylation sites (tertiary alicyclic amines) is 1. The van der Waals surface area contributed by atoms with Crippen LogP contribution in [0.2, 0.25) is 0 Å². The van der Waals surface area contributed by atoms with Gasteiger partial charge in [-0.25, -0.2) is 9.97 Å². The molecule has 2 N–H and O–H groups in total. The first-order valence-electron chi connectivity index (χ1n) is 11.4. The number of nitrogen functional groups attached to an aromatic ring is 1. The van der Waals surface area contributed by atoms with E-state index in [2.05, 4.69) is 46.4 Å². The van der Waals surface area contributed by atoms with Crippen LogP contribution in [0.1, 0.15) is 59.0 Å². The predicted octanol–water partition coefficient (Wildman–Crippen LogP) is 4.00. The number of aromatic nitrogens is 3. The van der Waals surface area contributed by atoms with Crippen LogP contribution in [0.3, 0.4) is 0 Å². The van der Waals surface area contributed by atoms with Crippen molar-refractivity contribution in [1.29, 1.82) is 0 Å². The fourth-order valence-electron chi connectivity index (χ4n) is 4.58. The molecule has 6 heteroatoms. The van der Waals surface area contributed by atoms with Gasteiger partial charge in [-0.15, -0.1) is 0 Å². The standard InChI is InChI=1S/C26H31N5O/c1-18-23(19(2)30-26(27)29-18)11-13-25(32)31-14-6-9-22(17-31)24-12-10-21(16-28-24)15-20-7-4-3-5-8-20/h3-5,7-8,10,12,16,22H,6,9,11,13-15,17H2,1-2H3,(H2,27,29,30)/t22-/m1/s1. The summed E-state index contributed by atoms with van der Waals surface area (Å²) in [7, 11) is 0. The third kappa shape index (κ3) is 5.31. The molecule has 2 aromatic heterocycles. The molecule has 6 nitrogen and oxygen atoms in total. The molecule has 0 saturated carbocycles. The van der Waals surface area contributed by atoms with Crippen LogP contribution in [0.25, 0.3) is 0 Å².